The fourth-order valence-electron chi connectivity index (χ4n) is 4.05. The Bertz CT molecular complexity index is 1520. The molecule has 5 rings (SSSR count). The first-order chi connectivity index (χ1) is 17.9. The summed E-state index contributed by atoms with van der Waals surface area (Å²) in [6, 6.07) is 29.4. The molecule has 0 saturated heterocycles. The number of thioether (sulfide) groups is 1. The van der Waals surface area contributed by atoms with Gasteiger partial charge >= 0.3 is 5.97 Å². The predicted octanol–water partition coefficient (Wildman–Crippen LogP) is 6.39. The minimum Gasteiger partial charge on any atom is -0.459 e. The van der Waals surface area contributed by atoms with E-state index in [1.165, 1.54) is 11.8 Å². The number of carbonyl (C=O) groups is 3. The minimum absolute atomic E-state index is 0.207. The molecule has 0 aliphatic carbocycles. The lowest BCUT2D eigenvalue weighted by Crippen LogP contribution is -2.32. The van der Waals surface area contributed by atoms with Gasteiger partial charge in [-0.3, -0.25) is 9.59 Å². The van der Waals surface area contributed by atoms with Gasteiger partial charge in [0.1, 0.15) is 10.6 Å². The Labute approximate surface area is 218 Å². The van der Waals surface area contributed by atoms with Gasteiger partial charge in [-0.1, -0.05) is 66.4 Å². The molecule has 37 heavy (non-hydrogen) atoms. The second-order valence-electron chi connectivity index (χ2n) is 8.72. The Hall–Kier alpha value is -4.36. The summed E-state index contributed by atoms with van der Waals surface area (Å²) in [4.78, 5) is 41.9. The van der Waals surface area contributed by atoms with Crippen molar-refractivity contribution in [3.63, 3.8) is 0 Å². The first-order valence-electron chi connectivity index (χ1n) is 11.8. The average molecular weight is 509 g/mol. The first kappa shape index (κ1) is 24.3. The predicted molar refractivity (Wildman–Crippen MR) is 146 cm³/mol. The Morgan fingerprint density at radius 1 is 0.811 bits per heavy atom. The first-order valence-corrected chi connectivity index (χ1v) is 12.7. The van der Waals surface area contributed by atoms with Gasteiger partial charge in [0.2, 0.25) is 0 Å². The summed E-state index contributed by atoms with van der Waals surface area (Å²) in [5.41, 5.74) is 1.65. The fourth-order valence-corrected chi connectivity index (χ4v) is 5.00. The van der Waals surface area contributed by atoms with E-state index in [2.05, 4.69) is 5.32 Å². The molecule has 0 bridgehead atoms. The molecule has 7 heteroatoms. The molecule has 184 valence electrons. The van der Waals surface area contributed by atoms with Gasteiger partial charge in [0.05, 0.1) is 17.4 Å². The van der Waals surface area contributed by atoms with Crippen molar-refractivity contribution in [3.05, 3.63) is 113 Å². The summed E-state index contributed by atoms with van der Waals surface area (Å²) >= 11 is 1.24. The molecule has 4 aromatic carbocycles. The number of benzene rings is 4. The molecule has 0 fully saturated rings. The number of amides is 2. The van der Waals surface area contributed by atoms with Gasteiger partial charge in [-0.25, -0.2) is 9.69 Å². The molecule has 1 aliphatic heterocycles. The maximum atomic E-state index is 13.7. The van der Waals surface area contributed by atoms with Gasteiger partial charge in [-0.15, -0.1) is 0 Å². The number of imide groups is 1. The monoisotopic (exact) mass is 508 g/mol. The van der Waals surface area contributed by atoms with E-state index in [0.29, 0.717) is 16.2 Å². The van der Waals surface area contributed by atoms with Crippen LogP contribution in [-0.2, 0) is 14.3 Å². The molecular formula is C30H24N2O4S. The van der Waals surface area contributed by atoms with Crippen LogP contribution in [0.5, 0.6) is 0 Å². The van der Waals surface area contributed by atoms with Gasteiger partial charge in [-0.2, -0.15) is 0 Å². The number of fused-ring (bicyclic) bond motifs is 1. The number of hydrogen-bond donors (Lipinski definition) is 1. The molecule has 4 aromatic rings. The van der Waals surface area contributed by atoms with Gasteiger partial charge in [0.15, 0.2) is 0 Å². The second kappa shape index (κ2) is 10.3. The van der Waals surface area contributed by atoms with Crippen molar-refractivity contribution in [2.24, 2.45) is 0 Å². The normalized spacial score (nSPS) is 13.5. The summed E-state index contributed by atoms with van der Waals surface area (Å²) in [5.74, 6) is -1.36. The Morgan fingerprint density at radius 2 is 1.49 bits per heavy atom. The van der Waals surface area contributed by atoms with Crippen LogP contribution in [0.4, 0.5) is 11.4 Å². The van der Waals surface area contributed by atoms with Crippen molar-refractivity contribution in [1.82, 2.24) is 0 Å². The zero-order valence-corrected chi connectivity index (χ0v) is 21.1. The summed E-state index contributed by atoms with van der Waals surface area (Å²) in [7, 11) is 0. The molecule has 0 aromatic heterocycles. The number of carbonyl (C=O) groups excluding carboxylic acids is 3. The van der Waals surface area contributed by atoms with Crippen molar-refractivity contribution in [3.8, 4) is 0 Å². The van der Waals surface area contributed by atoms with Gasteiger partial charge < -0.3 is 10.1 Å². The lowest BCUT2D eigenvalue weighted by atomic mass is 10.1. The van der Waals surface area contributed by atoms with Crippen LogP contribution in [0.2, 0.25) is 0 Å². The fraction of sp³-hybridized carbons (Fsp3) is 0.100. The molecule has 0 saturated carbocycles. The van der Waals surface area contributed by atoms with Gasteiger partial charge in [0.25, 0.3) is 11.8 Å². The van der Waals surface area contributed by atoms with Crippen molar-refractivity contribution in [2.75, 3.05) is 10.2 Å². The van der Waals surface area contributed by atoms with E-state index in [-0.39, 0.29) is 11.8 Å². The van der Waals surface area contributed by atoms with E-state index in [4.69, 9.17) is 4.74 Å². The van der Waals surface area contributed by atoms with Crippen LogP contribution in [0.25, 0.3) is 10.8 Å². The van der Waals surface area contributed by atoms with Crippen LogP contribution >= 0.6 is 11.8 Å². The Morgan fingerprint density at radius 3 is 2.22 bits per heavy atom. The number of anilines is 2. The molecule has 6 nitrogen and oxygen atoms in total. The molecule has 0 radical (unpaired) electrons. The molecule has 2 amide bonds. The maximum Gasteiger partial charge on any atom is 0.338 e. The van der Waals surface area contributed by atoms with Crippen LogP contribution in [0.3, 0.4) is 0 Å². The van der Waals surface area contributed by atoms with Crippen LogP contribution in [0, 0.1) is 0 Å². The second-order valence-corrected chi connectivity index (χ2v) is 9.80. The number of nitrogens with one attached hydrogen (secondary N) is 1. The molecule has 1 N–H and O–H groups in total. The lowest BCUT2D eigenvalue weighted by Gasteiger charge is -2.16. The highest BCUT2D eigenvalue weighted by Crippen LogP contribution is 2.38. The highest BCUT2D eigenvalue weighted by Gasteiger charge is 2.40. The molecule has 1 aliphatic rings. The number of nitrogens with zero attached hydrogens (tertiary/aromatic N) is 1. The highest BCUT2D eigenvalue weighted by molar-refractivity contribution is 8.04. The zero-order chi connectivity index (χ0) is 25.9. The Kier molecular flexibility index (Phi) is 6.79. The summed E-state index contributed by atoms with van der Waals surface area (Å²) in [6.07, 6.45) is -0.251. The van der Waals surface area contributed by atoms with Crippen molar-refractivity contribution < 1.29 is 19.1 Å². The topological polar surface area (TPSA) is 75.7 Å². The van der Waals surface area contributed by atoms with Crippen molar-refractivity contribution >= 4 is 51.7 Å². The smallest absolute Gasteiger partial charge is 0.338 e. The van der Waals surface area contributed by atoms with Crippen LogP contribution < -0.4 is 10.2 Å². The molecular weight excluding hydrogens is 484 g/mol. The Balaban J connectivity index is 1.51. The van der Waals surface area contributed by atoms with Gasteiger partial charge in [0, 0.05) is 16.0 Å². The molecule has 0 unspecified atom stereocenters. The number of esters is 1. The van der Waals surface area contributed by atoms with Gasteiger partial charge in [-0.05, 0) is 61.7 Å². The van der Waals surface area contributed by atoms with E-state index < -0.39 is 17.8 Å². The third-order valence-electron chi connectivity index (χ3n) is 5.76. The van der Waals surface area contributed by atoms with Crippen LogP contribution in [0.15, 0.2) is 113 Å². The minimum atomic E-state index is -0.464. The maximum absolute atomic E-state index is 13.7. The number of hydrogen-bond acceptors (Lipinski definition) is 6. The van der Waals surface area contributed by atoms with Crippen molar-refractivity contribution in [2.45, 2.75) is 24.8 Å². The summed E-state index contributed by atoms with van der Waals surface area (Å²) < 4.78 is 5.24. The average Bonchev–Trinajstić information content (AvgIpc) is 3.13. The third-order valence-corrected chi connectivity index (χ3v) is 6.85. The molecule has 0 spiro atoms. The van der Waals surface area contributed by atoms with E-state index in [1.807, 2.05) is 72.8 Å². The van der Waals surface area contributed by atoms with Crippen molar-refractivity contribution in [1.29, 1.82) is 0 Å². The number of rotatable bonds is 7. The standard InChI is InChI=1S/C30H24N2O4S/c1-19(2)36-30(35)21-15-17-22(18-16-21)32-28(33)26(27(29(32)34)37-23-11-4-3-5-12-23)31-25-14-8-10-20-9-6-7-13-24(20)25/h3-19,31H,1-2H3. The van der Waals surface area contributed by atoms with Crippen LogP contribution in [0.1, 0.15) is 24.2 Å². The highest BCUT2D eigenvalue weighted by atomic mass is 32.2. The van der Waals surface area contributed by atoms with E-state index >= 15 is 0 Å². The molecule has 0 atom stereocenters. The SMILES string of the molecule is CC(C)OC(=O)c1ccc(N2C(=O)C(Nc3cccc4ccccc34)=C(Sc3ccccc3)C2=O)cc1. The largest absolute Gasteiger partial charge is 0.459 e. The lowest BCUT2D eigenvalue weighted by molar-refractivity contribution is -0.120. The summed E-state index contributed by atoms with van der Waals surface area (Å²) in [6.45, 7) is 3.55. The number of ether oxygens (including phenoxy) is 1. The van der Waals surface area contributed by atoms with E-state index in [9.17, 15) is 14.4 Å². The van der Waals surface area contributed by atoms with E-state index in [0.717, 1.165) is 26.3 Å². The van der Waals surface area contributed by atoms with E-state index in [1.54, 1.807) is 38.1 Å². The zero-order valence-electron chi connectivity index (χ0n) is 20.3. The third kappa shape index (κ3) is 4.99. The quantitative estimate of drug-likeness (QED) is 0.230. The summed E-state index contributed by atoms with van der Waals surface area (Å²) in [5, 5.41) is 5.21. The van der Waals surface area contributed by atoms with Crippen LogP contribution in [-0.4, -0.2) is 23.9 Å². The molecule has 1 heterocycles.